The van der Waals surface area contributed by atoms with Gasteiger partial charge in [0.15, 0.2) is 5.82 Å². The number of amides is 1. The molecule has 0 saturated heterocycles. The van der Waals surface area contributed by atoms with Crippen LogP contribution in [-0.4, -0.2) is 24.1 Å². The van der Waals surface area contributed by atoms with Gasteiger partial charge in [-0.2, -0.15) is 5.10 Å². The third-order valence-electron chi connectivity index (χ3n) is 2.51. The lowest BCUT2D eigenvalue weighted by molar-refractivity contribution is 0.102. The van der Waals surface area contributed by atoms with Crippen molar-refractivity contribution in [2.45, 2.75) is 4.90 Å². The molecular weight excluding hydrogens is 323 g/mol. The van der Waals surface area contributed by atoms with Gasteiger partial charge in [0, 0.05) is 13.2 Å². The smallest absolute Gasteiger partial charge is 0.258 e. The number of primary sulfonamides is 1. The Hall–Kier alpha value is -1.97. The highest BCUT2D eigenvalue weighted by Gasteiger charge is 2.21. The molecule has 1 aromatic carbocycles. The number of sulfonamides is 1. The number of hydrogen-bond acceptors (Lipinski definition) is 4. The molecule has 0 aliphatic heterocycles. The standard InChI is InChI=1S/C11H10ClFN4O3S/c1-17-5-9(21(14,19)20)10(16-17)15-11(18)7-3-2-6(13)4-8(7)12/h2-5H,1H3,(H2,14,19,20)(H,15,16,18). The SMILES string of the molecule is Cn1cc(S(N)(=O)=O)c(NC(=O)c2ccc(F)cc2Cl)n1. The molecule has 2 aromatic rings. The summed E-state index contributed by atoms with van der Waals surface area (Å²) in [7, 11) is -2.58. The van der Waals surface area contributed by atoms with Gasteiger partial charge in [-0.3, -0.25) is 9.48 Å². The number of nitrogens with one attached hydrogen (secondary N) is 1. The third-order valence-corrected chi connectivity index (χ3v) is 3.73. The van der Waals surface area contributed by atoms with Crippen molar-refractivity contribution in [2.24, 2.45) is 12.2 Å². The van der Waals surface area contributed by atoms with Gasteiger partial charge in [0.1, 0.15) is 10.7 Å². The maximum absolute atomic E-state index is 12.9. The summed E-state index contributed by atoms with van der Waals surface area (Å²) in [6, 6.07) is 3.20. The van der Waals surface area contributed by atoms with Gasteiger partial charge in [0.2, 0.25) is 10.0 Å². The number of benzene rings is 1. The van der Waals surface area contributed by atoms with Gasteiger partial charge in [-0.05, 0) is 18.2 Å². The van der Waals surface area contributed by atoms with Gasteiger partial charge in [-0.25, -0.2) is 17.9 Å². The van der Waals surface area contributed by atoms with Gasteiger partial charge in [0.05, 0.1) is 10.6 Å². The van der Waals surface area contributed by atoms with Gasteiger partial charge in [0.25, 0.3) is 5.91 Å². The number of nitrogens with zero attached hydrogens (tertiary/aromatic N) is 2. The molecule has 0 aliphatic rings. The van der Waals surface area contributed by atoms with E-state index in [2.05, 4.69) is 10.4 Å². The van der Waals surface area contributed by atoms with E-state index in [0.29, 0.717) is 0 Å². The molecular formula is C11H10ClFN4O3S. The third kappa shape index (κ3) is 3.38. The summed E-state index contributed by atoms with van der Waals surface area (Å²) in [5.74, 6) is -1.56. The highest BCUT2D eigenvalue weighted by atomic mass is 35.5. The van der Waals surface area contributed by atoms with Crippen LogP contribution in [0.3, 0.4) is 0 Å². The number of aromatic nitrogens is 2. The van der Waals surface area contributed by atoms with E-state index < -0.39 is 21.7 Å². The zero-order valence-electron chi connectivity index (χ0n) is 10.7. The van der Waals surface area contributed by atoms with E-state index in [0.717, 1.165) is 18.3 Å². The van der Waals surface area contributed by atoms with Crippen molar-refractivity contribution in [2.75, 3.05) is 5.32 Å². The first-order valence-electron chi connectivity index (χ1n) is 5.51. The Labute approximate surface area is 124 Å². The normalized spacial score (nSPS) is 11.4. The fraction of sp³-hybridized carbons (Fsp3) is 0.0909. The highest BCUT2D eigenvalue weighted by molar-refractivity contribution is 7.89. The summed E-state index contributed by atoms with van der Waals surface area (Å²) in [5.41, 5.74) is -0.0240. The fourth-order valence-electron chi connectivity index (χ4n) is 1.61. The Morgan fingerprint density at radius 3 is 2.71 bits per heavy atom. The molecule has 1 amide bonds. The number of nitrogens with two attached hydrogens (primary N) is 1. The molecule has 10 heteroatoms. The predicted molar refractivity (Wildman–Crippen MR) is 73.9 cm³/mol. The minimum Gasteiger partial charge on any atom is -0.304 e. The molecule has 112 valence electrons. The molecule has 1 heterocycles. The van der Waals surface area contributed by atoms with Gasteiger partial charge in [-0.15, -0.1) is 0 Å². The molecule has 0 aliphatic carbocycles. The van der Waals surface area contributed by atoms with Crippen molar-refractivity contribution in [1.29, 1.82) is 0 Å². The van der Waals surface area contributed by atoms with Crippen LogP contribution in [0.4, 0.5) is 10.2 Å². The first kappa shape index (κ1) is 15.4. The Bertz CT molecular complexity index is 819. The van der Waals surface area contributed by atoms with Crippen molar-refractivity contribution in [3.63, 3.8) is 0 Å². The Morgan fingerprint density at radius 2 is 2.14 bits per heavy atom. The second-order valence-corrected chi connectivity index (χ2v) is 6.08. The number of halogens is 2. The molecule has 7 nitrogen and oxygen atoms in total. The van der Waals surface area contributed by atoms with Crippen LogP contribution in [0.15, 0.2) is 29.3 Å². The minimum atomic E-state index is -4.05. The maximum atomic E-state index is 12.9. The lowest BCUT2D eigenvalue weighted by Gasteiger charge is -2.05. The zero-order valence-corrected chi connectivity index (χ0v) is 12.2. The number of aryl methyl sites for hydroxylation is 1. The average molecular weight is 333 g/mol. The topological polar surface area (TPSA) is 107 Å². The Kier molecular flexibility index (Phi) is 3.99. The second kappa shape index (κ2) is 5.43. The van der Waals surface area contributed by atoms with E-state index in [9.17, 15) is 17.6 Å². The van der Waals surface area contributed by atoms with Crippen LogP contribution in [-0.2, 0) is 17.1 Å². The molecule has 0 atom stereocenters. The molecule has 0 bridgehead atoms. The molecule has 0 radical (unpaired) electrons. The first-order chi connectivity index (χ1) is 9.68. The molecule has 0 saturated carbocycles. The van der Waals surface area contributed by atoms with Gasteiger partial charge < -0.3 is 5.32 Å². The van der Waals surface area contributed by atoms with Crippen molar-refractivity contribution in [1.82, 2.24) is 9.78 Å². The summed E-state index contributed by atoms with van der Waals surface area (Å²) in [5, 5.41) is 11.0. The minimum absolute atomic E-state index is 0.0240. The van der Waals surface area contributed by atoms with Crippen LogP contribution < -0.4 is 10.5 Å². The van der Waals surface area contributed by atoms with Crippen LogP contribution in [0, 0.1) is 5.82 Å². The Morgan fingerprint density at radius 1 is 1.48 bits per heavy atom. The number of hydrogen-bond donors (Lipinski definition) is 2. The van der Waals surface area contributed by atoms with Crippen LogP contribution in [0.25, 0.3) is 0 Å². The van der Waals surface area contributed by atoms with Crippen molar-refractivity contribution < 1.29 is 17.6 Å². The van der Waals surface area contributed by atoms with Crippen molar-refractivity contribution in [3.8, 4) is 0 Å². The van der Waals surface area contributed by atoms with E-state index in [1.165, 1.54) is 17.8 Å². The molecule has 21 heavy (non-hydrogen) atoms. The average Bonchev–Trinajstić information content (AvgIpc) is 2.69. The van der Waals surface area contributed by atoms with Crippen LogP contribution in [0.5, 0.6) is 0 Å². The fourth-order valence-corrected chi connectivity index (χ4v) is 2.52. The largest absolute Gasteiger partial charge is 0.304 e. The van der Waals surface area contributed by atoms with Crippen LogP contribution >= 0.6 is 11.6 Å². The quantitative estimate of drug-likeness (QED) is 0.877. The van der Waals surface area contributed by atoms with E-state index in [1.807, 2.05) is 0 Å². The molecule has 0 unspecified atom stereocenters. The van der Waals surface area contributed by atoms with E-state index in [-0.39, 0.29) is 21.3 Å². The van der Waals surface area contributed by atoms with E-state index in [1.54, 1.807) is 0 Å². The zero-order chi connectivity index (χ0) is 15.8. The molecule has 1 aromatic heterocycles. The first-order valence-corrected chi connectivity index (χ1v) is 7.44. The second-order valence-electron chi connectivity index (χ2n) is 4.14. The van der Waals surface area contributed by atoms with Crippen molar-refractivity contribution in [3.05, 3.63) is 40.8 Å². The summed E-state index contributed by atoms with van der Waals surface area (Å²) < 4.78 is 36.9. The van der Waals surface area contributed by atoms with E-state index >= 15 is 0 Å². The monoisotopic (exact) mass is 332 g/mol. The van der Waals surface area contributed by atoms with Gasteiger partial charge >= 0.3 is 0 Å². The van der Waals surface area contributed by atoms with Crippen LogP contribution in [0.2, 0.25) is 5.02 Å². The van der Waals surface area contributed by atoms with Crippen molar-refractivity contribution >= 4 is 33.3 Å². The summed E-state index contributed by atoms with van der Waals surface area (Å²) >= 11 is 5.76. The molecule has 3 N–H and O–H groups in total. The number of anilines is 1. The number of carbonyl (C=O) groups is 1. The van der Waals surface area contributed by atoms with Gasteiger partial charge in [-0.1, -0.05) is 11.6 Å². The summed E-state index contributed by atoms with van der Waals surface area (Å²) in [6.45, 7) is 0. The predicted octanol–water partition coefficient (Wildman–Crippen LogP) is 1.11. The lowest BCUT2D eigenvalue weighted by atomic mass is 10.2. The molecule has 0 fully saturated rings. The highest BCUT2D eigenvalue weighted by Crippen LogP contribution is 2.21. The lowest BCUT2D eigenvalue weighted by Crippen LogP contribution is -2.18. The Balaban J connectivity index is 2.36. The summed E-state index contributed by atoms with van der Waals surface area (Å²) in [6.07, 6.45) is 1.15. The van der Waals surface area contributed by atoms with E-state index in [4.69, 9.17) is 16.7 Å². The van der Waals surface area contributed by atoms with Crippen LogP contribution in [0.1, 0.15) is 10.4 Å². The number of carbonyl (C=O) groups excluding carboxylic acids is 1. The summed E-state index contributed by atoms with van der Waals surface area (Å²) in [4.78, 5) is 11.7. The number of rotatable bonds is 3. The molecule has 2 rings (SSSR count). The molecule has 0 spiro atoms. The maximum Gasteiger partial charge on any atom is 0.258 e.